The maximum atomic E-state index is 13.2. The molecule has 1 N–H and O–H groups in total. The third-order valence-electron chi connectivity index (χ3n) is 6.74. The van der Waals surface area contributed by atoms with E-state index in [1.807, 2.05) is 11.0 Å². The molecule has 0 radical (unpaired) electrons. The predicted molar refractivity (Wildman–Crippen MR) is 104 cm³/mol. The van der Waals surface area contributed by atoms with Gasteiger partial charge in [-0.2, -0.15) is 0 Å². The fourth-order valence-corrected chi connectivity index (χ4v) is 5.50. The molecule has 4 fully saturated rings. The number of fused-ring (bicyclic) bond motifs is 2. The van der Waals surface area contributed by atoms with Crippen LogP contribution in [0.5, 0.6) is 0 Å². The second-order valence-corrected chi connectivity index (χ2v) is 8.16. The lowest BCUT2D eigenvalue weighted by atomic mass is 9.75. The lowest BCUT2D eigenvalue weighted by Gasteiger charge is -2.51. The number of piperidine rings is 3. The van der Waals surface area contributed by atoms with Gasteiger partial charge in [-0.3, -0.25) is 24.0 Å². The summed E-state index contributed by atoms with van der Waals surface area (Å²) in [6, 6.07) is 12.3. The summed E-state index contributed by atoms with van der Waals surface area (Å²) in [5.74, 6) is 0.779. The average molecular weight is 380 g/mol. The van der Waals surface area contributed by atoms with Crippen LogP contribution in [-0.2, 0) is 11.3 Å². The monoisotopic (exact) mass is 380 g/mol. The molecule has 0 aliphatic carbocycles. The van der Waals surface area contributed by atoms with E-state index in [1.165, 1.54) is 22.4 Å². The highest BCUT2D eigenvalue weighted by Gasteiger charge is 2.54. The van der Waals surface area contributed by atoms with E-state index in [2.05, 4.69) is 34.1 Å². The maximum Gasteiger partial charge on any atom is 0.328 e. The van der Waals surface area contributed by atoms with Gasteiger partial charge >= 0.3 is 5.69 Å². The first-order chi connectivity index (χ1) is 13.6. The van der Waals surface area contributed by atoms with E-state index in [0.717, 1.165) is 25.9 Å². The molecule has 1 aromatic carbocycles. The normalized spacial score (nSPS) is 31.0. The number of H-pyrrole nitrogens is 1. The Morgan fingerprint density at radius 1 is 1.04 bits per heavy atom. The number of nitrogens with zero attached hydrogens (tertiary/aromatic N) is 3. The third kappa shape index (κ3) is 2.81. The average Bonchev–Trinajstić information content (AvgIpc) is 3.15. The first kappa shape index (κ1) is 17.4. The van der Waals surface area contributed by atoms with Gasteiger partial charge in [0.1, 0.15) is 6.54 Å². The van der Waals surface area contributed by atoms with Crippen molar-refractivity contribution < 1.29 is 4.79 Å². The van der Waals surface area contributed by atoms with Gasteiger partial charge < -0.3 is 4.90 Å². The number of nitrogens with one attached hydrogen (secondary N) is 1. The molecule has 4 aliphatic rings. The zero-order chi connectivity index (χ0) is 19.3. The van der Waals surface area contributed by atoms with E-state index in [-0.39, 0.29) is 18.5 Å². The van der Waals surface area contributed by atoms with Crippen molar-refractivity contribution in [2.45, 2.75) is 37.4 Å². The molecule has 146 valence electrons. The Morgan fingerprint density at radius 2 is 1.79 bits per heavy atom. The first-order valence-electron chi connectivity index (χ1n) is 10.00. The Labute approximate surface area is 162 Å². The van der Waals surface area contributed by atoms with Crippen LogP contribution in [0.3, 0.4) is 0 Å². The summed E-state index contributed by atoms with van der Waals surface area (Å²) in [6.07, 6.45) is 3.66. The second-order valence-electron chi connectivity index (χ2n) is 8.16. The standard InChI is InChI=1S/C21H24N4O3/c26-17-8-11-24(21(28)22-17)13-18(27)25-12-16(14-4-2-1-3-5-14)20-19(25)15-6-9-23(20)10-7-15/h1-5,8,11,15-16,19-20H,6-7,9-10,12-13H2,(H,22,26,28)/t16-,19+,20+/m0/s1. The van der Waals surface area contributed by atoms with Gasteiger partial charge in [0.2, 0.25) is 5.91 Å². The Hall–Kier alpha value is -2.67. The van der Waals surface area contributed by atoms with Crippen LogP contribution in [0.15, 0.2) is 52.2 Å². The summed E-state index contributed by atoms with van der Waals surface area (Å²) < 4.78 is 1.29. The Kier molecular flexibility index (Phi) is 4.19. The second kappa shape index (κ2) is 6.74. The van der Waals surface area contributed by atoms with E-state index in [9.17, 15) is 14.4 Å². The lowest BCUT2D eigenvalue weighted by molar-refractivity contribution is -0.136. The van der Waals surface area contributed by atoms with Crippen molar-refractivity contribution in [3.63, 3.8) is 0 Å². The van der Waals surface area contributed by atoms with Crippen molar-refractivity contribution in [2.24, 2.45) is 5.92 Å². The largest absolute Gasteiger partial charge is 0.336 e. The van der Waals surface area contributed by atoms with Crippen LogP contribution >= 0.6 is 0 Å². The number of hydrogen-bond donors (Lipinski definition) is 1. The van der Waals surface area contributed by atoms with E-state index in [4.69, 9.17) is 0 Å². The van der Waals surface area contributed by atoms with Crippen molar-refractivity contribution in [1.29, 1.82) is 0 Å². The van der Waals surface area contributed by atoms with Crippen LogP contribution < -0.4 is 11.2 Å². The first-order valence-corrected chi connectivity index (χ1v) is 10.00. The van der Waals surface area contributed by atoms with Gasteiger partial charge in [0.15, 0.2) is 0 Å². The number of carbonyl (C=O) groups excluding carboxylic acids is 1. The Bertz CT molecular complexity index is 990. The summed E-state index contributed by atoms with van der Waals surface area (Å²) in [7, 11) is 0. The van der Waals surface area contributed by atoms with Gasteiger partial charge in [-0.05, 0) is 37.4 Å². The number of rotatable bonds is 3. The highest BCUT2D eigenvalue weighted by atomic mass is 16.2. The summed E-state index contributed by atoms with van der Waals surface area (Å²) in [4.78, 5) is 43.3. The van der Waals surface area contributed by atoms with Gasteiger partial charge in [0.05, 0.1) is 6.04 Å². The number of aromatic amines is 1. The van der Waals surface area contributed by atoms with Crippen LogP contribution in [-0.4, -0.2) is 57.0 Å². The number of hydrogen-bond acceptors (Lipinski definition) is 4. The Balaban J connectivity index is 1.46. The van der Waals surface area contributed by atoms with E-state index < -0.39 is 11.2 Å². The smallest absolute Gasteiger partial charge is 0.328 e. The zero-order valence-corrected chi connectivity index (χ0v) is 15.7. The number of aromatic nitrogens is 2. The molecule has 4 saturated heterocycles. The number of benzene rings is 1. The van der Waals surface area contributed by atoms with Crippen molar-refractivity contribution in [3.05, 3.63) is 69.0 Å². The van der Waals surface area contributed by atoms with Gasteiger partial charge in [-0.25, -0.2) is 4.79 Å². The molecule has 0 spiro atoms. The van der Waals surface area contributed by atoms with E-state index in [1.54, 1.807) is 0 Å². The number of carbonyl (C=O) groups is 1. The summed E-state index contributed by atoms with van der Waals surface area (Å²) in [6.45, 7) is 2.86. The molecule has 7 heteroatoms. The molecule has 2 bridgehead atoms. The minimum Gasteiger partial charge on any atom is -0.336 e. The molecule has 5 heterocycles. The minimum absolute atomic E-state index is 0.0347. The molecule has 4 aliphatic heterocycles. The molecule has 1 amide bonds. The number of amides is 1. The zero-order valence-electron chi connectivity index (χ0n) is 15.7. The molecule has 7 nitrogen and oxygen atoms in total. The molecular formula is C21H24N4O3. The summed E-state index contributed by atoms with van der Waals surface area (Å²) >= 11 is 0. The van der Waals surface area contributed by atoms with Gasteiger partial charge in [-0.1, -0.05) is 30.3 Å². The summed E-state index contributed by atoms with van der Waals surface area (Å²) in [5, 5.41) is 0. The van der Waals surface area contributed by atoms with E-state index in [0.29, 0.717) is 24.4 Å². The van der Waals surface area contributed by atoms with Crippen molar-refractivity contribution in [3.8, 4) is 0 Å². The Morgan fingerprint density at radius 3 is 2.50 bits per heavy atom. The van der Waals surface area contributed by atoms with Crippen LogP contribution in [0.2, 0.25) is 0 Å². The molecule has 1 aromatic heterocycles. The molecule has 0 saturated carbocycles. The van der Waals surface area contributed by atoms with Crippen LogP contribution in [0.1, 0.15) is 24.3 Å². The quantitative estimate of drug-likeness (QED) is 0.847. The molecule has 3 atom stereocenters. The predicted octanol–water partition coefficient (Wildman–Crippen LogP) is 0.625. The van der Waals surface area contributed by atoms with Crippen molar-refractivity contribution >= 4 is 5.91 Å². The van der Waals surface area contributed by atoms with Crippen LogP contribution in [0, 0.1) is 5.92 Å². The highest BCUT2D eigenvalue weighted by molar-refractivity contribution is 5.77. The van der Waals surface area contributed by atoms with Gasteiger partial charge in [-0.15, -0.1) is 0 Å². The minimum atomic E-state index is -0.537. The lowest BCUT2D eigenvalue weighted by Crippen LogP contribution is -2.61. The maximum absolute atomic E-state index is 13.2. The fourth-order valence-electron chi connectivity index (χ4n) is 5.50. The fraction of sp³-hybridized carbons (Fsp3) is 0.476. The van der Waals surface area contributed by atoms with Gasteiger partial charge in [0.25, 0.3) is 5.56 Å². The molecule has 6 rings (SSSR count). The molecule has 0 unspecified atom stereocenters. The van der Waals surface area contributed by atoms with E-state index >= 15 is 0 Å². The highest BCUT2D eigenvalue weighted by Crippen LogP contribution is 2.46. The molecule has 28 heavy (non-hydrogen) atoms. The van der Waals surface area contributed by atoms with Gasteiger partial charge in [0, 0.05) is 30.8 Å². The van der Waals surface area contributed by atoms with Crippen molar-refractivity contribution in [1.82, 2.24) is 19.4 Å². The van der Waals surface area contributed by atoms with Crippen molar-refractivity contribution in [2.75, 3.05) is 19.6 Å². The van der Waals surface area contributed by atoms with Crippen LogP contribution in [0.4, 0.5) is 0 Å². The topological polar surface area (TPSA) is 78.4 Å². The molecular weight excluding hydrogens is 356 g/mol. The SMILES string of the molecule is O=C(Cn1ccc(=O)[nH]c1=O)N1C[C@@H](c2ccccc2)[C@@H]2[C@H]1C1CCN2CC1. The number of likely N-dealkylation sites (tertiary alicyclic amines) is 1. The third-order valence-corrected chi connectivity index (χ3v) is 6.74. The summed E-state index contributed by atoms with van der Waals surface area (Å²) in [5.41, 5.74) is 0.295. The molecule has 2 aromatic rings. The van der Waals surface area contributed by atoms with Crippen LogP contribution in [0.25, 0.3) is 0 Å².